The van der Waals surface area contributed by atoms with Crippen LogP contribution in [-0.4, -0.2) is 31.0 Å². The van der Waals surface area contributed by atoms with Gasteiger partial charge in [0.15, 0.2) is 0 Å². The summed E-state index contributed by atoms with van der Waals surface area (Å²) in [6.07, 6.45) is 0. The molecule has 31 heavy (non-hydrogen) atoms. The third-order valence-corrected chi connectivity index (χ3v) is 5.25. The number of ketones is 1. The quantitative estimate of drug-likeness (QED) is 0.381. The zero-order chi connectivity index (χ0) is 22.0. The molecule has 1 aliphatic rings. The van der Waals surface area contributed by atoms with Crippen LogP contribution >= 0.6 is 0 Å². The number of amides is 1. The highest BCUT2D eigenvalue weighted by molar-refractivity contribution is 6.51. The van der Waals surface area contributed by atoms with Crippen LogP contribution in [0.5, 0.6) is 11.5 Å². The van der Waals surface area contributed by atoms with Crippen LogP contribution < -0.4 is 14.4 Å². The van der Waals surface area contributed by atoms with E-state index in [-0.39, 0.29) is 11.3 Å². The molecule has 6 heteroatoms. The molecule has 1 N–H and O–H groups in total. The van der Waals surface area contributed by atoms with E-state index in [1.54, 1.807) is 79.9 Å². The monoisotopic (exact) mass is 415 g/mol. The van der Waals surface area contributed by atoms with Crippen molar-refractivity contribution in [1.82, 2.24) is 0 Å². The number of aliphatic hydroxyl groups is 1. The minimum Gasteiger partial charge on any atom is -0.507 e. The van der Waals surface area contributed by atoms with Gasteiger partial charge in [0.1, 0.15) is 17.3 Å². The molecule has 0 aliphatic carbocycles. The number of methoxy groups -OCH3 is 2. The highest BCUT2D eigenvalue weighted by Gasteiger charge is 2.47. The first-order chi connectivity index (χ1) is 15.1. The summed E-state index contributed by atoms with van der Waals surface area (Å²) in [4.78, 5) is 27.7. The summed E-state index contributed by atoms with van der Waals surface area (Å²) in [5.41, 5.74) is 1.52. The topological polar surface area (TPSA) is 76.1 Å². The van der Waals surface area contributed by atoms with Gasteiger partial charge in [0.2, 0.25) is 0 Å². The summed E-state index contributed by atoms with van der Waals surface area (Å²) in [5.74, 6) is -0.790. The lowest BCUT2D eigenvalue weighted by molar-refractivity contribution is -0.132. The molecular formula is C25H21NO5. The molecule has 0 aromatic heterocycles. The second-order valence-electron chi connectivity index (χ2n) is 6.98. The molecule has 0 spiro atoms. The summed E-state index contributed by atoms with van der Waals surface area (Å²) in [5, 5.41) is 11.2. The zero-order valence-electron chi connectivity index (χ0n) is 17.1. The SMILES string of the molecule is COc1cccc(C2/C(=C(/O)c3ccccc3OC)C(=O)C(=O)N2c2ccccc2)c1. The van der Waals surface area contributed by atoms with Gasteiger partial charge >= 0.3 is 0 Å². The average molecular weight is 415 g/mol. The number of nitrogens with zero attached hydrogens (tertiary/aromatic N) is 1. The number of aliphatic hydroxyl groups excluding tert-OH is 1. The number of para-hydroxylation sites is 2. The fourth-order valence-electron chi connectivity index (χ4n) is 3.80. The first-order valence-electron chi connectivity index (χ1n) is 9.70. The van der Waals surface area contributed by atoms with E-state index in [4.69, 9.17) is 9.47 Å². The molecule has 4 rings (SSSR count). The van der Waals surface area contributed by atoms with Gasteiger partial charge in [-0.1, -0.05) is 42.5 Å². The molecule has 6 nitrogen and oxygen atoms in total. The fraction of sp³-hybridized carbons (Fsp3) is 0.120. The molecule has 1 amide bonds. The third-order valence-electron chi connectivity index (χ3n) is 5.25. The number of ether oxygens (including phenoxy) is 2. The van der Waals surface area contributed by atoms with Crippen LogP contribution in [0.15, 0.2) is 84.4 Å². The van der Waals surface area contributed by atoms with Crippen molar-refractivity contribution < 1.29 is 24.2 Å². The molecule has 1 atom stereocenters. The molecule has 1 saturated heterocycles. The second kappa shape index (κ2) is 8.36. The second-order valence-corrected chi connectivity index (χ2v) is 6.98. The van der Waals surface area contributed by atoms with Gasteiger partial charge in [-0.25, -0.2) is 0 Å². The largest absolute Gasteiger partial charge is 0.507 e. The fourth-order valence-corrected chi connectivity index (χ4v) is 3.80. The minimum atomic E-state index is -0.831. The van der Waals surface area contributed by atoms with Gasteiger partial charge in [-0.15, -0.1) is 0 Å². The molecule has 1 heterocycles. The Morgan fingerprint density at radius 1 is 0.871 bits per heavy atom. The molecular weight excluding hydrogens is 394 g/mol. The van der Waals surface area contributed by atoms with Crippen LogP contribution in [0.1, 0.15) is 17.2 Å². The lowest BCUT2D eigenvalue weighted by Crippen LogP contribution is -2.29. The van der Waals surface area contributed by atoms with Crippen LogP contribution in [0, 0.1) is 0 Å². The van der Waals surface area contributed by atoms with Gasteiger partial charge < -0.3 is 14.6 Å². The van der Waals surface area contributed by atoms with E-state index < -0.39 is 17.7 Å². The highest BCUT2D eigenvalue weighted by atomic mass is 16.5. The molecule has 1 unspecified atom stereocenters. The number of anilines is 1. The zero-order valence-corrected chi connectivity index (χ0v) is 17.1. The van der Waals surface area contributed by atoms with Crippen molar-refractivity contribution in [2.24, 2.45) is 0 Å². The number of hydrogen-bond acceptors (Lipinski definition) is 5. The number of rotatable bonds is 5. The third kappa shape index (κ3) is 3.53. The van der Waals surface area contributed by atoms with Crippen molar-refractivity contribution in [2.45, 2.75) is 6.04 Å². The smallest absolute Gasteiger partial charge is 0.300 e. The van der Waals surface area contributed by atoms with E-state index in [9.17, 15) is 14.7 Å². The maximum absolute atomic E-state index is 13.2. The number of hydrogen-bond donors (Lipinski definition) is 1. The molecule has 1 fully saturated rings. The normalized spacial score (nSPS) is 17.6. The van der Waals surface area contributed by atoms with E-state index >= 15 is 0 Å². The number of benzene rings is 3. The van der Waals surface area contributed by atoms with Crippen LogP contribution in [0.2, 0.25) is 0 Å². The standard InChI is InChI=1S/C25H21NO5/c1-30-18-12-8-9-16(15-18)22-21(23(27)19-13-6-7-14-20(19)31-2)24(28)25(29)26(22)17-10-4-3-5-11-17/h3-15,22,27H,1-2H3/b23-21-. The Labute approximate surface area is 180 Å². The van der Waals surface area contributed by atoms with Crippen LogP contribution in [0.25, 0.3) is 5.76 Å². The van der Waals surface area contributed by atoms with Gasteiger partial charge in [-0.3, -0.25) is 14.5 Å². The summed E-state index contributed by atoms with van der Waals surface area (Å²) >= 11 is 0. The summed E-state index contributed by atoms with van der Waals surface area (Å²) in [7, 11) is 3.02. The summed E-state index contributed by atoms with van der Waals surface area (Å²) < 4.78 is 10.7. The first kappa shape index (κ1) is 20.2. The lowest BCUT2D eigenvalue weighted by Gasteiger charge is -2.25. The Balaban J connectivity index is 1.98. The van der Waals surface area contributed by atoms with Gasteiger partial charge in [0.05, 0.1) is 31.4 Å². The van der Waals surface area contributed by atoms with Crippen LogP contribution in [-0.2, 0) is 9.59 Å². The first-order valence-corrected chi connectivity index (χ1v) is 9.70. The van der Waals surface area contributed by atoms with Gasteiger partial charge in [-0.2, -0.15) is 0 Å². The van der Waals surface area contributed by atoms with Crippen molar-refractivity contribution in [3.8, 4) is 11.5 Å². The number of Topliss-reactive ketones (excluding diaryl/α,β-unsaturated/α-hetero) is 1. The van der Waals surface area contributed by atoms with Gasteiger partial charge in [0.25, 0.3) is 11.7 Å². The Morgan fingerprint density at radius 2 is 1.58 bits per heavy atom. The molecule has 3 aromatic rings. The number of carbonyl (C=O) groups excluding carboxylic acids is 2. The molecule has 156 valence electrons. The Kier molecular flexibility index (Phi) is 5.45. The van der Waals surface area contributed by atoms with Crippen LogP contribution in [0.3, 0.4) is 0 Å². The molecule has 1 aliphatic heterocycles. The predicted molar refractivity (Wildman–Crippen MR) is 117 cm³/mol. The van der Waals surface area contributed by atoms with Crippen LogP contribution in [0.4, 0.5) is 5.69 Å². The van der Waals surface area contributed by atoms with E-state index in [1.165, 1.54) is 12.0 Å². The van der Waals surface area contributed by atoms with Crippen molar-refractivity contribution in [3.05, 3.63) is 95.6 Å². The molecule has 0 radical (unpaired) electrons. The molecule has 0 saturated carbocycles. The van der Waals surface area contributed by atoms with E-state index in [1.807, 2.05) is 6.07 Å². The van der Waals surface area contributed by atoms with E-state index in [0.717, 1.165) is 0 Å². The highest BCUT2D eigenvalue weighted by Crippen LogP contribution is 2.43. The summed E-state index contributed by atoms with van der Waals surface area (Å²) in [6.45, 7) is 0. The summed E-state index contributed by atoms with van der Waals surface area (Å²) in [6, 6.07) is 22.0. The van der Waals surface area contributed by atoms with Crippen molar-refractivity contribution in [2.75, 3.05) is 19.1 Å². The lowest BCUT2D eigenvalue weighted by atomic mass is 9.94. The maximum atomic E-state index is 13.2. The van der Waals surface area contributed by atoms with Crippen molar-refractivity contribution in [3.63, 3.8) is 0 Å². The Bertz CT molecular complexity index is 1170. The van der Waals surface area contributed by atoms with E-state index in [0.29, 0.717) is 28.3 Å². The van der Waals surface area contributed by atoms with Gasteiger partial charge in [-0.05, 0) is 42.0 Å². The maximum Gasteiger partial charge on any atom is 0.300 e. The van der Waals surface area contributed by atoms with Crippen molar-refractivity contribution >= 4 is 23.1 Å². The van der Waals surface area contributed by atoms with Gasteiger partial charge in [0, 0.05) is 5.69 Å². The molecule has 0 bridgehead atoms. The Morgan fingerprint density at radius 3 is 2.29 bits per heavy atom. The number of carbonyl (C=O) groups is 2. The van der Waals surface area contributed by atoms with E-state index in [2.05, 4.69) is 0 Å². The minimum absolute atomic E-state index is 0.00777. The molecule has 3 aromatic carbocycles. The predicted octanol–water partition coefficient (Wildman–Crippen LogP) is 4.33. The Hall–Kier alpha value is -4.06. The average Bonchev–Trinajstić information content (AvgIpc) is 3.09. The van der Waals surface area contributed by atoms with Crippen molar-refractivity contribution in [1.29, 1.82) is 0 Å².